The number of aliphatic hydroxyl groups excluding tert-OH is 2. The Balaban J connectivity index is 0.000000583. The first-order chi connectivity index (χ1) is 7.17. The summed E-state index contributed by atoms with van der Waals surface area (Å²) in [7, 11) is 0. The number of aliphatic hydroxyl groups is 2. The molecule has 1 aromatic carbocycles. The van der Waals surface area contributed by atoms with Gasteiger partial charge in [-0.05, 0) is 5.56 Å². The van der Waals surface area contributed by atoms with Crippen LogP contribution in [-0.4, -0.2) is 22.9 Å². The average molecular weight is 211 g/mol. The second-order valence-electron chi connectivity index (χ2n) is 3.37. The molecule has 3 nitrogen and oxygen atoms in total. The Morgan fingerprint density at radius 2 is 1.60 bits per heavy atom. The van der Waals surface area contributed by atoms with Crippen molar-refractivity contribution < 1.29 is 10.2 Å². The third-order valence-electron chi connectivity index (χ3n) is 1.75. The van der Waals surface area contributed by atoms with E-state index in [9.17, 15) is 10.2 Å². The summed E-state index contributed by atoms with van der Waals surface area (Å²) < 4.78 is 0. The normalized spacial score (nSPS) is 13.7. The second-order valence-corrected chi connectivity index (χ2v) is 3.37. The second kappa shape index (κ2) is 8.41. The Kier molecular flexibility index (Phi) is 7.91. The highest BCUT2D eigenvalue weighted by atomic mass is 16.3. The van der Waals surface area contributed by atoms with E-state index >= 15 is 0 Å². The molecule has 0 heterocycles. The van der Waals surface area contributed by atoms with Crippen molar-refractivity contribution in [2.24, 2.45) is 5.73 Å². The van der Waals surface area contributed by atoms with Crippen molar-refractivity contribution >= 4 is 0 Å². The van der Waals surface area contributed by atoms with Gasteiger partial charge in [-0.3, -0.25) is 0 Å². The highest BCUT2D eigenvalue weighted by molar-refractivity contribution is 5.18. The van der Waals surface area contributed by atoms with Crippen molar-refractivity contribution in [1.29, 1.82) is 0 Å². The van der Waals surface area contributed by atoms with Crippen LogP contribution in [-0.2, 0) is 0 Å². The third kappa shape index (κ3) is 5.52. The lowest BCUT2D eigenvalue weighted by molar-refractivity contribution is 0.0243. The molecule has 0 amide bonds. The van der Waals surface area contributed by atoms with Crippen LogP contribution in [0.2, 0.25) is 0 Å². The summed E-state index contributed by atoms with van der Waals surface area (Å²) in [6, 6.07) is 8.97. The van der Waals surface area contributed by atoms with Gasteiger partial charge >= 0.3 is 0 Å². The predicted octanol–water partition coefficient (Wildman–Crippen LogP) is 1.46. The van der Waals surface area contributed by atoms with Crippen LogP contribution in [0.3, 0.4) is 0 Å². The van der Waals surface area contributed by atoms with E-state index in [4.69, 9.17) is 5.73 Å². The van der Waals surface area contributed by atoms with Crippen LogP contribution >= 0.6 is 0 Å². The molecule has 0 aliphatic rings. The molecule has 0 aromatic heterocycles. The van der Waals surface area contributed by atoms with Gasteiger partial charge in [-0.15, -0.1) is 0 Å². The summed E-state index contributed by atoms with van der Waals surface area (Å²) in [5.41, 5.74) is 5.89. The quantitative estimate of drug-likeness (QED) is 0.709. The highest BCUT2D eigenvalue weighted by Crippen LogP contribution is 2.14. The van der Waals surface area contributed by atoms with Crippen molar-refractivity contribution in [3.8, 4) is 0 Å². The van der Waals surface area contributed by atoms with Crippen LogP contribution in [0, 0.1) is 0 Å². The van der Waals surface area contributed by atoms with Crippen molar-refractivity contribution in [2.75, 3.05) is 6.54 Å². The van der Waals surface area contributed by atoms with Crippen LogP contribution in [0.1, 0.15) is 31.9 Å². The third-order valence-corrected chi connectivity index (χ3v) is 1.75. The topological polar surface area (TPSA) is 66.5 Å². The molecule has 2 unspecified atom stereocenters. The Hall–Kier alpha value is -0.900. The van der Waals surface area contributed by atoms with Crippen LogP contribution in [0.5, 0.6) is 0 Å². The van der Waals surface area contributed by atoms with Gasteiger partial charge < -0.3 is 15.9 Å². The standard InChI is InChI=1S/C9H13NO2.C3H8/c10-6-8(11)9(12)7-4-2-1-3-5-7;1-3-2/h1-5,8-9,11-12H,6,10H2;3H2,1-2H3. The number of hydrogen-bond donors (Lipinski definition) is 3. The molecule has 0 bridgehead atoms. The fourth-order valence-electron chi connectivity index (χ4n) is 1.00. The Bertz CT molecular complexity index is 239. The van der Waals surface area contributed by atoms with E-state index in [1.54, 1.807) is 12.1 Å². The lowest BCUT2D eigenvalue weighted by Gasteiger charge is -2.15. The lowest BCUT2D eigenvalue weighted by Crippen LogP contribution is -2.27. The molecule has 0 spiro atoms. The Morgan fingerprint density at radius 3 is 2.00 bits per heavy atom. The van der Waals surface area contributed by atoms with Gasteiger partial charge in [-0.1, -0.05) is 50.6 Å². The summed E-state index contributed by atoms with van der Waals surface area (Å²) in [6.07, 6.45) is -0.511. The molecule has 0 radical (unpaired) electrons. The lowest BCUT2D eigenvalue weighted by atomic mass is 10.1. The van der Waals surface area contributed by atoms with E-state index in [0.717, 1.165) is 0 Å². The first-order valence-electron chi connectivity index (χ1n) is 5.28. The maximum Gasteiger partial charge on any atom is 0.106 e. The summed E-state index contributed by atoms with van der Waals surface area (Å²) in [5, 5.41) is 18.7. The molecule has 1 aromatic rings. The molecule has 1 rings (SSSR count). The summed E-state index contributed by atoms with van der Waals surface area (Å²) in [5.74, 6) is 0. The molecule has 2 atom stereocenters. The maximum absolute atomic E-state index is 9.46. The smallest absolute Gasteiger partial charge is 0.106 e. The Morgan fingerprint density at radius 1 is 1.13 bits per heavy atom. The first kappa shape index (κ1) is 14.1. The minimum Gasteiger partial charge on any atom is -0.389 e. The zero-order valence-electron chi connectivity index (χ0n) is 9.43. The average Bonchev–Trinajstić information content (AvgIpc) is 2.29. The minimum absolute atomic E-state index is 0.0655. The molecule has 0 aliphatic carbocycles. The fraction of sp³-hybridized carbons (Fsp3) is 0.500. The van der Waals surface area contributed by atoms with E-state index in [0.29, 0.717) is 5.56 Å². The molecule has 15 heavy (non-hydrogen) atoms. The molecular formula is C12H21NO2. The molecule has 0 saturated carbocycles. The Labute approximate surface area is 91.6 Å². The monoisotopic (exact) mass is 211 g/mol. The van der Waals surface area contributed by atoms with E-state index in [1.165, 1.54) is 6.42 Å². The number of rotatable bonds is 3. The van der Waals surface area contributed by atoms with E-state index < -0.39 is 12.2 Å². The fourth-order valence-corrected chi connectivity index (χ4v) is 1.00. The molecule has 0 fully saturated rings. The first-order valence-corrected chi connectivity index (χ1v) is 5.28. The SMILES string of the molecule is CCC.NCC(O)C(O)c1ccccc1. The van der Waals surface area contributed by atoms with Crippen molar-refractivity contribution in [1.82, 2.24) is 0 Å². The van der Waals surface area contributed by atoms with Gasteiger partial charge in [-0.2, -0.15) is 0 Å². The van der Waals surface area contributed by atoms with Crippen molar-refractivity contribution in [3.05, 3.63) is 35.9 Å². The van der Waals surface area contributed by atoms with Crippen LogP contribution in [0.25, 0.3) is 0 Å². The van der Waals surface area contributed by atoms with Crippen molar-refractivity contribution in [2.45, 2.75) is 32.5 Å². The summed E-state index contributed by atoms with van der Waals surface area (Å²) >= 11 is 0. The number of benzene rings is 1. The van der Waals surface area contributed by atoms with Gasteiger partial charge in [0.15, 0.2) is 0 Å². The molecule has 86 valence electrons. The van der Waals surface area contributed by atoms with Gasteiger partial charge in [0.05, 0.1) is 6.10 Å². The summed E-state index contributed by atoms with van der Waals surface area (Å²) in [6.45, 7) is 4.32. The van der Waals surface area contributed by atoms with Crippen LogP contribution in [0.4, 0.5) is 0 Å². The molecule has 0 saturated heterocycles. The van der Waals surface area contributed by atoms with Gasteiger partial charge in [0.2, 0.25) is 0 Å². The van der Waals surface area contributed by atoms with Gasteiger partial charge in [-0.25, -0.2) is 0 Å². The molecule has 0 aliphatic heterocycles. The van der Waals surface area contributed by atoms with E-state index in [2.05, 4.69) is 13.8 Å². The van der Waals surface area contributed by atoms with E-state index in [-0.39, 0.29) is 6.54 Å². The van der Waals surface area contributed by atoms with Crippen LogP contribution in [0.15, 0.2) is 30.3 Å². The zero-order valence-corrected chi connectivity index (χ0v) is 9.43. The maximum atomic E-state index is 9.46. The van der Waals surface area contributed by atoms with Gasteiger partial charge in [0, 0.05) is 6.54 Å². The zero-order chi connectivity index (χ0) is 11.7. The molecule has 3 heteroatoms. The molecular weight excluding hydrogens is 190 g/mol. The van der Waals surface area contributed by atoms with Gasteiger partial charge in [0.25, 0.3) is 0 Å². The molecule has 4 N–H and O–H groups in total. The summed E-state index contributed by atoms with van der Waals surface area (Å²) in [4.78, 5) is 0. The van der Waals surface area contributed by atoms with Crippen LogP contribution < -0.4 is 5.73 Å². The van der Waals surface area contributed by atoms with E-state index in [1.807, 2.05) is 18.2 Å². The minimum atomic E-state index is -0.882. The largest absolute Gasteiger partial charge is 0.389 e. The highest BCUT2D eigenvalue weighted by Gasteiger charge is 2.15. The van der Waals surface area contributed by atoms with Gasteiger partial charge in [0.1, 0.15) is 6.10 Å². The van der Waals surface area contributed by atoms with Crippen molar-refractivity contribution in [3.63, 3.8) is 0 Å². The number of nitrogens with two attached hydrogens (primary N) is 1. The predicted molar refractivity (Wildman–Crippen MR) is 62.4 cm³/mol. The number of hydrogen-bond acceptors (Lipinski definition) is 3.